The summed E-state index contributed by atoms with van der Waals surface area (Å²) in [4.78, 5) is 23.5. The van der Waals surface area contributed by atoms with Crippen LogP contribution in [0.25, 0.3) is 0 Å². The van der Waals surface area contributed by atoms with Gasteiger partial charge in [-0.05, 0) is 37.1 Å². The van der Waals surface area contributed by atoms with Crippen molar-refractivity contribution in [3.8, 4) is 0 Å². The molecule has 0 bridgehead atoms. The van der Waals surface area contributed by atoms with Gasteiger partial charge in [-0.15, -0.1) is 11.6 Å². The molecule has 18 heavy (non-hydrogen) atoms. The second-order valence-corrected chi connectivity index (χ2v) is 4.23. The number of rotatable bonds is 6. The van der Waals surface area contributed by atoms with Crippen molar-refractivity contribution >= 4 is 23.4 Å². The Balaban J connectivity index is 3.08. The van der Waals surface area contributed by atoms with Crippen LogP contribution in [0.2, 0.25) is 0 Å². The zero-order valence-electron chi connectivity index (χ0n) is 10.7. The zero-order chi connectivity index (χ0) is 13.5. The number of ether oxygens (including phenoxy) is 1. The number of carbonyl (C=O) groups is 2. The van der Waals surface area contributed by atoms with Gasteiger partial charge in [-0.2, -0.15) is 0 Å². The molecule has 98 valence electrons. The van der Waals surface area contributed by atoms with Crippen LogP contribution < -0.4 is 0 Å². The van der Waals surface area contributed by atoms with Crippen LogP contribution in [0, 0.1) is 0 Å². The molecule has 0 saturated carbocycles. The highest BCUT2D eigenvalue weighted by Gasteiger charge is 2.13. The summed E-state index contributed by atoms with van der Waals surface area (Å²) in [7, 11) is 0. The first-order valence-corrected chi connectivity index (χ1v) is 6.56. The van der Waals surface area contributed by atoms with Crippen molar-refractivity contribution in [3.05, 3.63) is 34.9 Å². The average Bonchev–Trinajstić information content (AvgIpc) is 2.38. The van der Waals surface area contributed by atoms with E-state index < -0.39 is 5.97 Å². The normalized spacial score (nSPS) is 10.2. The molecule has 0 saturated heterocycles. The molecule has 0 aliphatic rings. The van der Waals surface area contributed by atoms with Crippen LogP contribution in [0.3, 0.4) is 0 Å². The first-order chi connectivity index (χ1) is 8.62. The molecule has 1 aromatic carbocycles. The van der Waals surface area contributed by atoms with Gasteiger partial charge in [0.1, 0.15) is 0 Å². The maximum atomic E-state index is 11.8. The van der Waals surface area contributed by atoms with E-state index in [4.69, 9.17) is 16.3 Å². The van der Waals surface area contributed by atoms with Crippen molar-refractivity contribution in [1.29, 1.82) is 0 Å². The number of carbonyl (C=O) groups excluding carboxylic acids is 2. The highest BCUT2D eigenvalue weighted by Crippen LogP contribution is 2.14. The monoisotopic (exact) mass is 268 g/mol. The second kappa shape index (κ2) is 7.17. The van der Waals surface area contributed by atoms with Crippen molar-refractivity contribution in [2.24, 2.45) is 0 Å². The van der Waals surface area contributed by atoms with Crippen LogP contribution in [-0.2, 0) is 11.2 Å². The van der Waals surface area contributed by atoms with Gasteiger partial charge in [-0.25, -0.2) is 4.79 Å². The van der Waals surface area contributed by atoms with E-state index in [2.05, 4.69) is 0 Å². The van der Waals surface area contributed by atoms with E-state index in [1.165, 1.54) is 0 Å². The van der Waals surface area contributed by atoms with Gasteiger partial charge in [0.15, 0.2) is 5.78 Å². The molecule has 4 heteroatoms. The average molecular weight is 269 g/mol. The molecule has 0 amide bonds. The summed E-state index contributed by atoms with van der Waals surface area (Å²) in [6, 6.07) is 5.14. The minimum Gasteiger partial charge on any atom is -0.462 e. The van der Waals surface area contributed by atoms with E-state index in [0.29, 0.717) is 17.7 Å². The van der Waals surface area contributed by atoms with Gasteiger partial charge in [0.2, 0.25) is 0 Å². The second-order valence-electron chi connectivity index (χ2n) is 3.85. The number of Topliss-reactive ketones (excluding diaryl/α,β-unsaturated/α-hetero) is 1. The van der Waals surface area contributed by atoms with Crippen molar-refractivity contribution in [1.82, 2.24) is 0 Å². The Labute approximate surface area is 112 Å². The van der Waals surface area contributed by atoms with Crippen LogP contribution in [0.4, 0.5) is 0 Å². The van der Waals surface area contributed by atoms with Gasteiger partial charge in [0.25, 0.3) is 0 Å². The number of hydrogen-bond donors (Lipinski definition) is 0. The standard InChI is InChI=1S/C14H17ClO3/c1-3-10-7-11(13(16)5-6-15)9-12(8-10)14(17)18-4-2/h7-9H,3-6H2,1-2H3. The van der Waals surface area contributed by atoms with E-state index in [0.717, 1.165) is 12.0 Å². The number of ketones is 1. The molecule has 1 aromatic rings. The number of halogens is 1. The molecule has 3 nitrogen and oxygen atoms in total. The Morgan fingerprint density at radius 2 is 1.83 bits per heavy atom. The smallest absolute Gasteiger partial charge is 0.338 e. The Morgan fingerprint density at radius 3 is 2.39 bits per heavy atom. The molecule has 0 unspecified atom stereocenters. The molecule has 0 fully saturated rings. The largest absolute Gasteiger partial charge is 0.462 e. The molecule has 0 radical (unpaired) electrons. The Morgan fingerprint density at radius 1 is 1.17 bits per heavy atom. The predicted molar refractivity (Wildman–Crippen MR) is 71.4 cm³/mol. The predicted octanol–water partition coefficient (Wildman–Crippen LogP) is 3.24. The third kappa shape index (κ3) is 3.84. The quantitative estimate of drug-likeness (QED) is 0.452. The van der Waals surface area contributed by atoms with E-state index in [9.17, 15) is 9.59 Å². The summed E-state index contributed by atoms with van der Waals surface area (Å²) in [5.41, 5.74) is 1.89. The summed E-state index contributed by atoms with van der Waals surface area (Å²) >= 11 is 5.56. The van der Waals surface area contributed by atoms with Crippen LogP contribution in [0.5, 0.6) is 0 Å². The lowest BCUT2D eigenvalue weighted by atomic mass is 10.0. The fourth-order valence-electron chi connectivity index (χ4n) is 1.62. The number of esters is 1. The Kier molecular flexibility index (Phi) is 5.86. The molecular formula is C14H17ClO3. The lowest BCUT2D eigenvalue weighted by molar-refractivity contribution is 0.0526. The summed E-state index contributed by atoms with van der Waals surface area (Å²) in [6.07, 6.45) is 1.03. The van der Waals surface area contributed by atoms with E-state index >= 15 is 0 Å². The fourth-order valence-corrected chi connectivity index (χ4v) is 1.79. The SMILES string of the molecule is CCOC(=O)c1cc(CC)cc(C(=O)CCCl)c1. The van der Waals surface area contributed by atoms with E-state index in [1.54, 1.807) is 25.1 Å². The van der Waals surface area contributed by atoms with Crippen molar-refractivity contribution in [2.45, 2.75) is 26.7 Å². The molecule has 0 aliphatic carbocycles. The minimum absolute atomic E-state index is 0.0501. The van der Waals surface area contributed by atoms with Gasteiger partial charge in [0, 0.05) is 17.9 Å². The first-order valence-electron chi connectivity index (χ1n) is 6.02. The maximum absolute atomic E-state index is 11.8. The van der Waals surface area contributed by atoms with Gasteiger partial charge < -0.3 is 4.74 Å². The number of alkyl halides is 1. The fraction of sp³-hybridized carbons (Fsp3) is 0.429. The third-order valence-electron chi connectivity index (χ3n) is 2.56. The lowest BCUT2D eigenvalue weighted by Crippen LogP contribution is -2.08. The van der Waals surface area contributed by atoms with Gasteiger partial charge in [-0.1, -0.05) is 6.92 Å². The molecular weight excluding hydrogens is 252 g/mol. The minimum atomic E-state index is -0.396. The van der Waals surface area contributed by atoms with Crippen LogP contribution >= 0.6 is 11.6 Å². The molecule has 0 atom stereocenters. The molecule has 0 heterocycles. The summed E-state index contributed by atoms with van der Waals surface area (Å²) < 4.78 is 4.95. The topological polar surface area (TPSA) is 43.4 Å². The molecule has 0 N–H and O–H groups in total. The van der Waals surface area contributed by atoms with Crippen molar-refractivity contribution in [2.75, 3.05) is 12.5 Å². The third-order valence-corrected chi connectivity index (χ3v) is 2.74. The Bertz CT molecular complexity index is 404. The maximum Gasteiger partial charge on any atom is 0.338 e. The van der Waals surface area contributed by atoms with Gasteiger partial charge in [0.05, 0.1) is 12.2 Å². The van der Waals surface area contributed by atoms with Crippen LogP contribution in [-0.4, -0.2) is 24.2 Å². The lowest BCUT2D eigenvalue weighted by Gasteiger charge is -2.07. The highest BCUT2D eigenvalue weighted by atomic mass is 35.5. The first kappa shape index (κ1) is 14.7. The zero-order valence-corrected chi connectivity index (χ0v) is 11.4. The number of benzene rings is 1. The summed E-state index contributed by atoms with van der Waals surface area (Å²) in [5, 5.41) is 0. The van der Waals surface area contributed by atoms with E-state index in [1.807, 2.05) is 6.92 Å². The number of aryl methyl sites for hydroxylation is 1. The summed E-state index contributed by atoms with van der Waals surface area (Å²) in [6.45, 7) is 4.04. The van der Waals surface area contributed by atoms with Gasteiger partial charge >= 0.3 is 5.97 Å². The molecule has 1 rings (SSSR count). The van der Waals surface area contributed by atoms with Crippen molar-refractivity contribution in [3.63, 3.8) is 0 Å². The number of hydrogen-bond acceptors (Lipinski definition) is 3. The molecule has 0 spiro atoms. The molecule has 0 aromatic heterocycles. The molecule has 0 aliphatic heterocycles. The Hall–Kier alpha value is -1.35. The van der Waals surface area contributed by atoms with E-state index in [-0.39, 0.29) is 18.1 Å². The highest BCUT2D eigenvalue weighted by molar-refractivity contribution is 6.19. The van der Waals surface area contributed by atoms with Crippen LogP contribution in [0.1, 0.15) is 46.5 Å². The van der Waals surface area contributed by atoms with Crippen LogP contribution in [0.15, 0.2) is 18.2 Å². The van der Waals surface area contributed by atoms with Crippen molar-refractivity contribution < 1.29 is 14.3 Å². The van der Waals surface area contributed by atoms with Gasteiger partial charge in [-0.3, -0.25) is 4.79 Å². The summed E-state index contributed by atoms with van der Waals surface area (Å²) in [5.74, 6) is -0.164.